The quantitative estimate of drug-likeness (QED) is 0.584. The fourth-order valence-electron chi connectivity index (χ4n) is 4.11. The van der Waals surface area contributed by atoms with Gasteiger partial charge in [0.15, 0.2) is 0 Å². The summed E-state index contributed by atoms with van der Waals surface area (Å²) in [6, 6.07) is 3.37. The Morgan fingerprint density at radius 3 is 2.39 bits per heavy atom. The van der Waals surface area contributed by atoms with Crippen LogP contribution < -0.4 is 5.73 Å². The lowest BCUT2D eigenvalue weighted by Gasteiger charge is -2.34. The lowest BCUT2D eigenvalue weighted by Crippen LogP contribution is -2.45. The zero-order valence-electron chi connectivity index (χ0n) is 18.4. The first-order valence-electron chi connectivity index (χ1n) is 10.6. The minimum atomic E-state index is -4.68. The molecule has 0 spiro atoms. The molecule has 2 aromatic heterocycles. The molecule has 33 heavy (non-hydrogen) atoms. The van der Waals surface area contributed by atoms with Crippen LogP contribution in [0.4, 0.5) is 23.5 Å². The zero-order chi connectivity index (χ0) is 23.8. The summed E-state index contributed by atoms with van der Waals surface area (Å²) in [6.45, 7) is 9.38. The number of alkyl halides is 3. The summed E-state index contributed by atoms with van der Waals surface area (Å²) in [5, 5.41) is 0. The lowest BCUT2D eigenvalue weighted by atomic mass is 10.1. The fourth-order valence-corrected chi connectivity index (χ4v) is 4.11. The van der Waals surface area contributed by atoms with Crippen molar-refractivity contribution in [3.8, 4) is 17.1 Å². The van der Waals surface area contributed by atoms with Crippen LogP contribution in [0.3, 0.4) is 0 Å². The molecule has 1 aliphatic rings. The molecule has 4 rings (SSSR count). The summed E-state index contributed by atoms with van der Waals surface area (Å²) in [5.74, 6) is -0.779. The zero-order valence-corrected chi connectivity index (χ0v) is 18.4. The largest absolute Gasteiger partial charge is 0.420 e. The van der Waals surface area contributed by atoms with E-state index in [2.05, 4.69) is 31.7 Å². The Hall–Kier alpha value is -3.05. The number of nitrogen functional groups attached to an aromatic ring is 1. The van der Waals surface area contributed by atoms with Gasteiger partial charge in [0.05, 0.1) is 5.69 Å². The van der Waals surface area contributed by atoms with Gasteiger partial charge in [-0.3, -0.25) is 4.90 Å². The SMILES string of the molecule is CCN1CCN(Cc2cc(C)c(-n3cnc(-c4nc(N)ncc4C(F)(F)F)c3)c(F)c2)CC1. The van der Waals surface area contributed by atoms with Crippen molar-refractivity contribution in [2.24, 2.45) is 0 Å². The van der Waals surface area contributed by atoms with Crippen LogP contribution in [0.2, 0.25) is 0 Å². The monoisotopic (exact) mass is 463 g/mol. The van der Waals surface area contributed by atoms with Crippen LogP contribution in [-0.4, -0.2) is 62.0 Å². The van der Waals surface area contributed by atoms with E-state index in [1.54, 1.807) is 6.92 Å². The molecule has 1 fully saturated rings. The van der Waals surface area contributed by atoms with Crippen LogP contribution in [0.1, 0.15) is 23.6 Å². The van der Waals surface area contributed by atoms with E-state index in [0.717, 1.165) is 38.3 Å². The second-order valence-corrected chi connectivity index (χ2v) is 8.11. The number of likely N-dealkylation sites (N-methyl/N-ethyl adjacent to an activating group) is 1. The number of aryl methyl sites for hydroxylation is 1. The molecule has 0 radical (unpaired) electrons. The Morgan fingerprint density at radius 2 is 1.76 bits per heavy atom. The Morgan fingerprint density at radius 1 is 1.06 bits per heavy atom. The molecule has 1 aliphatic heterocycles. The van der Waals surface area contributed by atoms with Crippen molar-refractivity contribution in [2.75, 3.05) is 38.5 Å². The number of benzene rings is 1. The second kappa shape index (κ2) is 9.06. The van der Waals surface area contributed by atoms with E-state index in [1.807, 2.05) is 6.07 Å². The van der Waals surface area contributed by atoms with Crippen LogP contribution in [-0.2, 0) is 12.7 Å². The topological polar surface area (TPSA) is 76.1 Å². The predicted molar refractivity (Wildman–Crippen MR) is 116 cm³/mol. The van der Waals surface area contributed by atoms with Gasteiger partial charge in [0.2, 0.25) is 5.95 Å². The van der Waals surface area contributed by atoms with E-state index in [9.17, 15) is 13.2 Å². The molecule has 0 bridgehead atoms. The minimum Gasteiger partial charge on any atom is -0.368 e. The van der Waals surface area contributed by atoms with Gasteiger partial charge in [0.1, 0.15) is 29.1 Å². The van der Waals surface area contributed by atoms with Crippen LogP contribution >= 0.6 is 0 Å². The maximum atomic E-state index is 15.1. The van der Waals surface area contributed by atoms with E-state index in [4.69, 9.17) is 5.73 Å². The first kappa shape index (κ1) is 23.1. The van der Waals surface area contributed by atoms with Crippen LogP contribution in [0.5, 0.6) is 0 Å². The third-order valence-corrected chi connectivity index (χ3v) is 5.83. The van der Waals surface area contributed by atoms with Gasteiger partial charge in [-0.1, -0.05) is 13.0 Å². The number of nitrogens with two attached hydrogens (primary N) is 1. The number of hydrogen-bond donors (Lipinski definition) is 1. The highest BCUT2D eigenvalue weighted by Crippen LogP contribution is 2.35. The molecule has 3 heterocycles. The minimum absolute atomic E-state index is 0.0758. The molecule has 3 aromatic rings. The lowest BCUT2D eigenvalue weighted by molar-refractivity contribution is -0.137. The number of piperazine rings is 1. The standard InChI is InChI=1S/C22H25F4N7/c1-3-31-4-6-32(7-5-31)11-15-8-14(2)20(17(23)9-15)33-12-18(29-13-33)19-16(22(24,25)26)10-28-21(27)30-19/h8-10,12-13H,3-7,11H2,1-2H3,(H2,27,28,30). The summed E-state index contributed by atoms with van der Waals surface area (Å²) < 4.78 is 56.6. The van der Waals surface area contributed by atoms with Crippen LogP contribution in [0, 0.1) is 12.7 Å². The van der Waals surface area contributed by atoms with E-state index >= 15 is 4.39 Å². The Kier molecular flexibility index (Phi) is 6.35. The Labute approximate surface area is 188 Å². The normalized spacial score (nSPS) is 15.8. The molecule has 0 atom stereocenters. The molecule has 176 valence electrons. The van der Waals surface area contributed by atoms with E-state index < -0.39 is 23.3 Å². The average molecular weight is 463 g/mol. The predicted octanol–water partition coefficient (Wildman–Crippen LogP) is 3.52. The van der Waals surface area contributed by atoms with Gasteiger partial charge in [-0.15, -0.1) is 0 Å². The highest BCUT2D eigenvalue weighted by atomic mass is 19.4. The Balaban J connectivity index is 1.60. The summed E-state index contributed by atoms with van der Waals surface area (Å²) in [4.78, 5) is 15.8. The summed E-state index contributed by atoms with van der Waals surface area (Å²) >= 11 is 0. The van der Waals surface area contributed by atoms with E-state index in [-0.39, 0.29) is 17.3 Å². The number of nitrogens with zero attached hydrogens (tertiary/aromatic N) is 6. The molecule has 7 nitrogen and oxygen atoms in total. The van der Waals surface area contributed by atoms with Gasteiger partial charge in [-0.2, -0.15) is 13.2 Å². The molecule has 1 aromatic carbocycles. The highest BCUT2D eigenvalue weighted by molar-refractivity contribution is 5.61. The molecule has 11 heteroatoms. The number of imidazole rings is 1. The van der Waals surface area contributed by atoms with Gasteiger partial charge in [-0.05, 0) is 30.7 Å². The molecule has 0 saturated carbocycles. The van der Waals surface area contributed by atoms with Crippen LogP contribution in [0.15, 0.2) is 30.9 Å². The van der Waals surface area contributed by atoms with Gasteiger partial charge < -0.3 is 15.2 Å². The van der Waals surface area contributed by atoms with Gasteiger partial charge in [0, 0.05) is 45.1 Å². The highest BCUT2D eigenvalue weighted by Gasteiger charge is 2.36. The van der Waals surface area contributed by atoms with Crippen molar-refractivity contribution in [3.05, 3.63) is 53.4 Å². The smallest absolute Gasteiger partial charge is 0.368 e. The van der Waals surface area contributed by atoms with Gasteiger partial charge in [-0.25, -0.2) is 19.3 Å². The average Bonchev–Trinajstić information content (AvgIpc) is 3.22. The van der Waals surface area contributed by atoms with Crippen molar-refractivity contribution in [3.63, 3.8) is 0 Å². The van der Waals surface area contributed by atoms with Crippen LogP contribution in [0.25, 0.3) is 17.1 Å². The van der Waals surface area contributed by atoms with Gasteiger partial charge >= 0.3 is 6.18 Å². The Bertz CT molecular complexity index is 1110. The first-order chi connectivity index (χ1) is 15.7. The molecule has 0 amide bonds. The molecular formula is C22H25F4N7. The number of anilines is 1. The maximum Gasteiger partial charge on any atom is 0.420 e. The fraction of sp³-hybridized carbons (Fsp3) is 0.409. The third-order valence-electron chi connectivity index (χ3n) is 5.83. The van der Waals surface area contributed by atoms with Crippen molar-refractivity contribution in [1.29, 1.82) is 0 Å². The van der Waals surface area contributed by atoms with Crippen molar-refractivity contribution in [1.82, 2.24) is 29.3 Å². The number of halogens is 4. The van der Waals surface area contributed by atoms with E-state index in [0.29, 0.717) is 18.3 Å². The second-order valence-electron chi connectivity index (χ2n) is 8.11. The van der Waals surface area contributed by atoms with Crippen molar-refractivity contribution >= 4 is 5.95 Å². The molecule has 0 aliphatic carbocycles. The summed E-state index contributed by atoms with van der Waals surface area (Å²) in [6.07, 6.45) is -1.48. The maximum absolute atomic E-state index is 15.1. The molecule has 0 unspecified atom stereocenters. The van der Waals surface area contributed by atoms with E-state index in [1.165, 1.54) is 23.2 Å². The number of hydrogen-bond acceptors (Lipinski definition) is 6. The summed E-state index contributed by atoms with van der Waals surface area (Å²) in [7, 11) is 0. The first-order valence-corrected chi connectivity index (χ1v) is 10.6. The third kappa shape index (κ3) is 4.98. The van der Waals surface area contributed by atoms with Crippen molar-refractivity contribution in [2.45, 2.75) is 26.6 Å². The number of rotatable bonds is 5. The number of aromatic nitrogens is 4. The van der Waals surface area contributed by atoms with Gasteiger partial charge in [0.25, 0.3) is 0 Å². The molecule has 2 N–H and O–H groups in total. The van der Waals surface area contributed by atoms with Crippen molar-refractivity contribution < 1.29 is 17.6 Å². The molecular weight excluding hydrogens is 438 g/mol. The molecule has 1 saturated heterocycles. The summed E-state index contributed by atoms with van der Waals surface area (Å²) in [5.41, 5.74) is 5.64.